The molecule has 8 heteroatoms. The molecule has 1 heterocycles. The molecule has 3 aromatic carbocycles. The zero-order valence-electron chi connectivity index (χ0n) is 17.8. The predicted molar refractivity (Wildman–Crippen MR) is 128 cm³/mol. The van der Waals surface area contributed by atoms with Crippen molar-refractivity contribution in [2.45, 2.75) is 0 Å². The van der Waals surface area contributed by atoms with Crippen molar-refractivity contribution in [3.63, 3.8) is 0 Å². The molecule has 0 bridgehead atoms. The number of nitrogen functional groups attached to an aromatic ring is 1. The van der Waals surface area contributed by atoms with Gasteiger partial charge in [0.15, 0.2) is 11.6 Å². The van der Waals surface area contributed by atoms with Gasteiger partial charge >= 0.3 is 0 Å². The van der Waals surface area contributed by atoms with E-state index in [4.69, 9.17) is 15.2 Å². The zero-order valence-corrected chi connectivity index (χ0v) is 17.8. The summed E-state index contributed by atoms with van der Waals surface area (Å²) in [6, 6.07) is 25.3. The minimum absolute atomic E-state index is 0.363. The third-order valence-electron chi connectivity index (χ3n) is 4.79. The Bertz CT molecular complexity index is 1130. The predicted octanol–water partition coefficient (Wildman–Crippen LogP) is 4.98. The maximum absolute atomic E-state index is 6.44. The number of nitrogens with one attached hydrogen (secondary N) is 2. The van der Waals surface area contributed by atoms with Crippen LogP contribution in [0, 0.1) is 0 Å². The van der Waals surface area contributed by atoms with E-state index in [1.54, 1.807) is 20.3 Å². The lowest BCUT2D eigenvalue weighted by Crippen LogP contribution is -2.26. The molecular weight excluding hydrogens is 404 g/mol. The van der Waals surface area contributed by atoms with Crippen LogP contribution in [-0.4, -0.2) is 24.2 Å². The largest absolute Gasteiger partial charge is 0.497 e. The summed E-state index contributed by atoms with van der Waals surface area (Å²) in [5.41, 5.74) is 12.7. The Hall–Kier alpha value is -4.46. The molecule has 4 aromatic rings. The fourth-order valence-electron chi connectivity index (χ4n) is 3.15. The first kappa shape index (κ1) is 20.8. The molecule has 8 nitrogen and oxygen atoms in total. The number of benzene rings is 3. The van der Waals surface area contributed by atoms with Gasteiger partial charge in [-0.3, -0.25) is 10.4 Å². The summed E-state index contributed by atoms with van der Waals surface area (Å²) in [6.45, 7) is 0. The van der Waals surface area contributed by atoms with E-state index in [2.05, 4.69) is 20.7 Å². The summed E-state index contributed by atoms with van der Waals surface area (Å²) in [5, 5.41) is 5.13. The molecule has 0 aliphatic carbocycles. The molecular formula is C24H24N6O2. The van der Waals surface area contributed by atoms with Crippen LogP contribution >= 0.6 is 0 Å². The van der Waals surface area contributed by atoms with Crippen LogP contribution in [0.2, 0.25) is 0 Å². The van der Waals surface area contributed by atoms with Gasteiger partial charge in [-0.05, 0) is 36.4 Å². The maximum atomic E-state index is 6.44. The average molecular weight is 428 g/mol. The minimum Gasteiger partial charge on any atom is -0.497 e. The van der Waals surface area contributed by atoms with Crippen molar-refractivity contribution < 1.29 is 9.47 Å². The molecule has 0 fully saturated rings. The molecule has 162 valence electrons. The molecule has 0 amide bonds. The third-order valence-corrected chi connectivity index (χ3v) is 4.79. The summed E-state index contributed by atoms with van der Waals surface area (Å²) in [4.78, 5) is 8.67. The molecule has 32 heavy (non-hydrogen) atoms. The first-order valence-electron chi connectivity index (χ1n) is 9.96. The van der Waals surface area contributed by atoms with Crippen LogP contribution in [0.4, 0.5) is 34.4 Å². The van der Waals surface area contributed by atoms with Crippen molar-refractivity contribution >= 4 is 34.4 Å². The summed E-state index contributed by atoms with van der Waals surface area (Å²) in [7, 11) is 3.20. The lowest BCUT2D eigenvalue weighted by Gasteiger charge is -2.27. The lowest BCUT2D eigenvalue weighted by molar-refractivity contribution is 0.395. The molecule has 0 unspecified atom stereocenters. The highest BCUT2D eigenvalue weighted by atomic mass is 16.5. The van der Waals surface area contributed by atoms with E-state index < -0.39 is 0 Å². The van der Waals surface area contributed by atoms with Crippen LogP contribution in [0.25, 0.3) is 0 Å². The van der Waals surface area contributed by atoms with Crippen LogP contribution < -0.4 is 31.0 Å². The van der Waals surface area contributed by atoms with E-state index in [1.165, 1.54) is 6.33 Å². The Labute approximate surface area is 186 Å². The van der Waals surface area contributed by atoms with Gasteiger partial charge in [0.25, 0.3) is 0 Å². The molecule has 1 aromatic heterocycles. The fourth-order valence-corrected chi connectivity index (χ4v) is 3.15. The number of aromatic nitrogens is 2. The van der Waals surface area contributed by atoms with Gasteiger partial charge < -0.3 is 20.5 Å². The van der Waals surface area contributed by atoms with Gasteiger partial charge in [-0.2, -0.15) is 0 Å². The SMILES string of the molecule is COc1ccc(Nc2ncnc(NN(c3ccccc3)c3ccccc3)c2N)c(OC)c1. The molecule has 0 atom stereocenters. The van der Waals surface area contributed by atoms with Gasteiger partial charge in [0.05, 0.1) is 31.3 Å². The summed E-state index contributed by atoms with van der Waals surface area (Å²) in [6.07, 6.45) is 1.45. The molecule has 0 spiro atoms. The summed E-state index contributed by atoms with van der Waals surface area (Å²) < 4.78 is 10.7. The molecule has 0 aliphatic rings. The quantitative estimate of drug-likeness (QED) is 0.338. The lowest BCUT2D eigenvalue weighted by atomic mass is 10.2. The Morgan fingerprint density at radius 3 is 2.00 bits per heavy atom. The van der Waals surface area contributed by atoms with Gasteiger partial charge in [0.1, 0.15) is 23.5 Å². The van der Waals surface area contributed by atoms with Crippen molar-refractivity contribution in [3.8, 4) is 11.5 Å². The summed E-state index contributed by atoms with van der Waals surface area (Å²) >= 11 is 0. The topological polar surface area (TPSA) is 97.6 Å². The first-order chi connectivity index (χ1) is 15.7. The number of hydrazine groups is 1. The van der Waals surface area contributed by atoms with E-state index in [1.807, 2.05) is 77.8 Å². The van der Waals surface area contributed by atoms with E-state index in [9.17, 15) is 0 Å². The number of rotatable bonds is 8. The highest BCUT2D eigenvalue weighted by Crippen LogP contribution is 2.34. The highest BCUT2D eigenvalue weighted by molar-refractivity contribution is 5.81. The molecule has 0 saturated heterocycles. The number of ether oxygens (including phenoxy) is 2. The average Bonchev–Trinajstić information content (AvgIpc) is 2.85. The van der Waals surface area contributed by atoms with Crippen molar-refractivity contribution in [1.29, 1.82) is 0 Å². The number of hydrogen-bond acceptors (Lipinski definition) is 8. The smallest absolute Gasteiger partial charge is 0.173 e. The van der Waals surface area contributed by atoms with Crippen LogP contribution in [0.3, 0.4) is 0 Å². The van der Waals surface area contributed by atoms with Crippen LogP contribution in [0.5, 0.6) is 11.5 Å². The highest BCUT2D eigenvalue weighted by Gasteiger charge is 2.15. The normalized spacial score (nSPS) is 10.3. The second kappa shape index (κ2) is 9.57. The minimum atomic E-state index is 0.363. The molecule has 0 saturated carbocycles. The maximum Gasteiger partial charge on any atom is 0.173 e. The zero-order chi connectivity index (χ0) is 22.3. The molecule has 0 radical (unpaired) electrons. The van der Waals surface area contributed by atoms with Crippen LogP contribution in [-0.2, 0) is 0 Å². The number of hydrogen-bond donors (Lipinski definition) is 3. The Morgan fingerprint density at radius 1 is 0.781 bits per heavy atom. The first-order valence-corrected chi connectivity index (χ1v) is 9.96. The van der Waals surface area contributed by atoms with Crippen LogP contribution in [0.1, 0.15) is 0 Å². The van der Waals surface area contributed by atoms with Crippen molar-refractivity contribution in [1.82, 2.24) is 9.97 Å². The van der Waals surface area contributed by atoms with Crippen molar-refractivity contribution in [2.75, 3.05) is 35.7 Å². The van der Waals surface area contributed by atoms with E-state index in [0.717, 1.165) is 11.4 Å². The number of methoxy groups -OCH3 is 2. The number of para-hydroxylation sites is 2. The monoisotopic (exact) mass is 428 g/mol. The number of nitrogens with two attached hydrogens (primary N) is 1. The van der Waals surface area contributed by atoms with Crippen molar-refractivity contribution in [2.24, 2.45) is 0 Å². The van der Waals surface area contributed by atoms with Gasteiger partial charge in [-0.1, -0.05) is 36.4 Å². The van der Waals surface area contributed by atoms with Crippen LogP contribution in [0.15, 0.2) is 85.2 Å². The molecule has 0 aliphatic heterocycles. The Morgan fingerprint density at radius 2 is 1.41 bits per heavy atom. The third kappa shape index (κ3) is 4.49. The van der Waals surface area contributed by atoms with Gasteiger partial charge in [0, 0.05) is 6.07 Å². The molecule has 4 rings (SSSR count). The Kier molecular flexibility index (Phi) is 6.22. The molecule has 4 N–H and O–H groups in total. The van der Waals surface area contributed by atoms with Crippen molar-refractivity contribution in [3.05, 3.63) is 85.2 Å². The summed E-state index contributed by atoms with van der Waals surface area (Å²) in [5.74, 6) is 2.20. The standard InChI is InChI=1S/C24H24N6O2/c1-31-19-13-14-20(21(15-19)32-2)28-23-22(25)24(27-16-26-23)29-30(17-9-5-3-6-10-17)18-11-7-4-8-12-18/h3-16H,25H2,1-2H3,(H2,26,27,28,29). The second-order valence-electron chi connectivity index (χ2n) is 6.79. The van der Waals surface area contributed by atoms with Gasteiger partial charge in [0.2, 0.25) is 0 Å². The Balaban J connectivity index is 1.66. The fraction of sp³-hybridized carbons (Fsp3) is 0.0833. The number of nitrogens with zero attached hydrogens (tertiary/aromatic N) is 3. The van der Waals surface area contributed by atoms with E-state index in [-0.39, 0.29) is 0 Å². The van der Waals surface area contributed by atoms with Gasteiger partial charge in [-0.25, -0.2) is 9.97 Å². The second-order valence-corrected chi connectivity index (χ2v) is 6.79. The van der Waals surface area contributed by atoms with Gasteiger partial charge in [-0.15, -0.1) is 0 Å². The van der Waals surface area contributed by atoms with E-state index >= 15 is 0 Å². The van der Waals surface area contributed by atoms with E-state index in [0.29, 0.717) is 34.5 Å². The number of anilines is 6.